The lowest BCUT2D eigenvalue weighted by atomic mass is 10.1. The summed E-state index contributed by atoms with van der Waals surface area (Å²) in [6.45, 7) is 2.87. The summed E-state index contributed by atoms with van der Waals surface area (Å²) in [6.07, 6.45) is -3.86. The Balaban J connectivity index is 0.000000308. The molecule has 81 heavy (non-hydrogen) atoms. The number of nitrogens with zero attached hydrogens (tertiary/aromatic N) is 3. The van der Waals surface area contributed by atoms with Crippen LogP contribution in [-0.4, -0.2) is 93.3 Å². The third-order valence-electron chi connectivity index (χ3n) is 11.2. The highest BCUT2D eigenvalue weighted by molar-refractivity contribution is 9.10. The summed E-state index contributed by atoms with van der Waals surface area (Å²) >= 11 is 6.55. The Morgan fingerprint density at radius 2 is 1.05 bits per heavy atom. The van der Waals surface area contributed by atoms with Crippen molar-refractivity contribution < 1.29 is 89.1 Å². The number of oxazole rings is 2. The van der Waals surface area contributed by atoms with Crippen LogP contribution in [0.4, 0.5) is 17.6 Å². The van der Waals surface area contributed by atoms with Gasteiger partial charge in [0.05, 0.1) is 25.7 Å². The molecule has 0 bridgehead atoms. The topological polar surface area (TPSA) is 365 Å². The van der Waals surface area contributed by atoms with Crippen LogP contribution in [0.15, 0.2) is 96.0 Å². The van der Waals surface area contributed by atoms with Crippen molar-refractivity contribution in [1.82, 2.24) is 9.97 Å². The standard InChI is InChI=1S/C30H32BrF2N5O8.C23H19BrF2N2O7/c1-15-4-6-16(7-5-15)26-27(31)46-29(38-26)21(45-20-10-9-18(32)24(25(20)33)28(36)41)14-44-23(40)11-8-17(39)13-22(35)37-12-2-3-19(34)30(42)43;1-11-2-4-12(5-3-11)20-21(24)35-23(28-20)15(10-33-17(31)9-8-16(29)30)34-14-7-6-13(25)18(19(14)26)22(27)32/h4-7,9-10,19,21H,2-3,8,11-14,34H2,1H3,(H2,35,37)(H2,36,41)(H,42,43);2-7,15H,8-10H2,1H3,(H2,27,32)(H,29,30)/t19?,21-;15-/m11/s1. The second-order valence-electron chi connectivity index (χ2n) is 17.4. The molecule has 2 amide bonds. The highest BCUT2D eigenvalue weighted by Crippen LogP contribution is 2.36. The number of carbonyl (C=O) groups excluding carboxylic acids is 5. The fourth-order valence-electron chi connectivity index (χ4n) is 6.94. The number of rotatable bonds is 27. The number of hydrogen-bond donors (Lipinski definition) is 6. The molecule has 3 atom stereocenters. The number of aryl methyl sites for hydroxylation is 2. The van der Waals surface area contributed by atoms with E-state index in [9.17, 15) is 46.7 Å². The fraction of sp³-hybridized carbons (Fsp3) is 0.283. The molecule has 0 spiro atoms. The van der Waals surface area contributed by atoms with Crippen LogP contribution in [-0.2, 0) is 33.4 Å². The lowest BCUT2D eigenvalue weighted by molar-refractivity contribution is -0.150. The maximum Gasteiger partial charge on any atom is 0.320 e. The first-order valence-electron chi connectivity index (χ1n) is 24.0. The smallest absolute Gasteiger partial charge is 0.320 e. The molecule has 0 aliphatic rings. The van der Waals surface area contributed by atoms with E-state index in [0.29, 0.717) is 28.9 Å². The van der Waals surface area contributed by atoms with Crippen molar-refractivity contribution >= 4 is 79.2 Å². The largest absolute Gasteiger partial charge is 0.481 e. The van der Waals surface area contributed by atoms with Gasteiger partial charge in [-0.3, -0.25) is 38.6 Å². The molecule has 0 saturated carbocycles. The van der Waals surface area contributed by atoms with Crippen molar-refractivity contribution in [3.05, 3.63) is 139 Å². The first-order valence-corrected chi connectivity index (χ1v) is 25.6. The number of carboxylic acid groups (broad SMARTS) is 2. The van der Waals surface area contributed by atoms with Crippen LogP contribution in [0.1, 0.15) is 101 Å². The summed E-state index contributed by atoms with van der Waals surface area (Å²) in [7, 11) is 0. The summed E-state index contributed by atoms with van der Waals surface area (Å²) < 4.78 is 91.0. The number of Topliss-reactive ketones (excluding diaryl/α,β-unsaturated/α-hetero) is 1. The lowest BCUT2D eigenvalue weighted by Gasteiger charge is -2.17. The van der Waals surface area contributed by atoms with E-state index in [0.717, 1.165) is 35.4 Å². The van der Waals surface area contributed by atoms with Crippen molar-refractivity contribution in [1.29, 1.82) is 0 Å². The second-order valence-corrected chi connectivity index (χ2v) is 18.9. The van der Waals surface area contributed by atoms with E-state index < -0.39 is 132 Å². The molecule has 430 valence electrons. The van der Waals surface area contributed by atoms with Gasteiger partial charge in [-0.25, -0.2) is 27.5 Å². The van der Waals surface area contributed by atoms with Crippen molar-refractivity contribution in [2.75, 3.05) is 19.8 Å². The number of benzene rings is 4. The van der Waals surface area contributed by atoms with E-state index in [4.69, 9.17) is 60.9 Å². The van der Waals surface area contributed by atoms with Gasteiger partial charge in [0.25, 0.3) is 11.8 Å². The van der Waals surface area contributed by atoms with E-state index in [2.05, 4.69) is 46.8 Å². The molecular weight excluding hydrogens is 1210 g/mol. The number of halogens is 6. The molecule has 1 unspecified atom stereocenters. The zero-order chi connectivity index (χ0) is 59.7. The normalized spacial score (nSPS) is 12.3. The Labute approximate surface area is 474 Å². The fourth-order valence-corrected chi connectivity index (χ4v) is 7.91. The van der Waals surface area contributed by atoms with Crippen molar-refractivity contribution in [2.45, 2.75) is 77.0 Å². The lowest BCUT2D eigenvalue weighted by Crippen LogP contribution is -2.30. The van der Waals surface area contributed by atoms with Gasteiger partial charge in [0.1, 0.15) is 65.0 Å². The Morgan fingerprint density at radius 1 is 0.630 bits per heavy atom. The number of amidine groups is 1. The number of ketones is 1. The molecule has 0 saturated heterocycles. The number of nitrogens with two attached hydrogens (primary N) is 4. The number of hydrogen-bond acceptors (Lipinski definition) is 17. The van der Waals surface area contributed by atoms with E-state index in [1.807, 2.05) is 38.1 Å². The number of carboxylic acids is 2. The number of aliphatic carboxylic acids is 2. The molecule has 0 fully saturated rings. The average Bonchev–Trinajstić information content (AvgIpc) is 4.01. The van der Waals surface area contributed by atoms with Gasteiger partial charge in [-0.1, -0.05) is 59.7 Å². The minimum atomic E-state index is -1.38. The summed E-state index contributed by atoms with van der Waals surface area (Å²) in [5.41, 5.74) is 23.4. The minimum Gasteiger partial charge on any atom is -0.481 e. The maximum atomic E-state index is 15.0. The second kappa shape index (κ2) is 29.6. The molecular formula is C53H51Br2F4N7O15. The van der Waals surface area contributed by atoms with Crippen LogP contribution in [0.3, 0.4) is 0 Å². The van der Waals surface area contributed by atoms with Gasteiger partial charge in [-0.2, -0.15) is 0 Å². The number of amides is 2. The number of carbonyl (C=O) groups is 7. The molecule has 6 rings (SSSR count). The van der Waals surface area contributed by atoms with Gasteiger partial charge >= 0.3 is 23.9 Å². The zero-order valence-electron chi connectivity index (χ0n) is 42.9. The molecule has 2 heterocycles. The van der Waals surface area contributed by atoms with Crippen LogP contribution >= 0.6 is 31.9 Å². The SMILES string of the molecule is Cc1ccc(-c2nc([C@@H](COC(=O)CCC(=O)CC(N)=NCCCC(N)C(=O)O)Oc3ccc(F)c(C(N)=O)c3F)oc2Br)cc1.Cc1ccc(-c2nc([C@@H](COC(=O)CCC(=O)O)Oc3ccc(F)c(C(N)=O)c3F)oc2Br)cc1. The third kappa shape index (κ3) is 18.5. The third-order valence-corrected chi connectivity index (χ3v) is 12.2. The molecule has 22 nitrogen and oxygen atoms in total. The van der Waals surface area contributed by atoms with Gasteiger partial charge in [-0.05, 0) is 82.8 Å². The quantitative estimate of drug-likeness (QED) is 0.00933. The monoisotopic (exact) mass is 1260 g/mol. The minimum absolute atomic E-state index is 0.0197. The predicted octanol–water partition coefficient (Wildman–Crippen LogP) is 8.06. The molecule has 0 aliphatic heterocycles. The van der Waals surface area contributed by atoms with Crippen LogP contribution < -0.4 is 32.4 Å². The maximum absolute atomic E-state index is 15.0. The number of aromatic nitrogens is 2. The van der Waals surface area contributed by atoms with Gasteiger partial charge in [-0.15, -0.1) is 0 Å². The van der Waals surface area contributed by atoms with Gasteiger partial charge in [0, 0.05) is 24.1 Å². The molecule has 4 aromatic carbocycles. The number of ether oxygens (including phenoxy) is 4. The number of primary amides is 2. The molecule has 2 aromatic heterocycles. The highest BCUT2D eigenvalue weighted by Gasteiger charge is 2.30. The first-order chi connectivity index (χ1) is 38.3. The molecule has 0 aliphatic carbocycles. The Kier molecular flexibility index (Phi) is 23.2. The van der Waals surface area contributed by atoms with Crippen molar-refractivity contribution in [2.24, 2.45) is 27.9 Å². The van der Waals surface area contributed by atoms with E-state index >= 15 is 4.39 Å². The molecule has 0 radical (unpaired) electrons. The number of aliphatic imine (C=N–C) groups is 1. The Morgan fingerprint density at radius 3 is 1.44 bits per heavy atom. The van der Waals surface area contributed by atoms with Gasteiger partial charge < -0.3 is 60.9 Å². The van der Waals surface area contributed by atoms with Crippen molar-refractivity contribution in [3.8, 4) is 34.0 Å². The van der Waals surface area contributed by atoms with Gasteiger partial charge in [0.15, 0.2) is 32.5 Å². The van der Waals surface area contributed by atoms with E-state index in [-0.39, 0.29) is 59.2 Å². The summed E-state index contributed by atoms with van der Waals surface area (Å²) in [6, 6.07) is 17.0. The Hall–Kier alpha value is -8.50. The Bertz CT molecular complexity index is 3300. The van der Waals surface area contributed by atoms with Crippen LogP contribution in [0, 0.1) is 37.1 Å². The highest BCUT2D eigenvalue weighted by atomic mass is 79.9. The van der Waals surface area contributed by atoms with Crippen LogP contribution in [0.2, 0.25) is 0 Å². The van der Waals surface area contributed by atoms with E-state index in [1.54, 1.807) is 24.3 Å². The van der Waals surface area contributed by atoms with Gasteiger partial charge in [0.2, 0.25) is 24.0 Å². The zero-order valence-corrected chi connectivity index (χ0v) is 46.0. The average molecular weight is 1260 g/mol. The van der Waals surface area contributed by atoms with Crippen LogP contribution in [0.5, 0.6) is 11.5 Å². The summed E-state index contributed by atoms with van der Waals surface area (Å²) in [5.74, 6) is -13.6. The first kappa shape index (κ1) is 63.3. The summed E-state index contributed by atoms with van der Waals surface area (Å²) in [4.78, 5) is 94.0. The van der Waals surface area contributed by atoms with Crippen molar-refractivity contribution in [3.63, 3.8) is 0 Å². The summed E-state index contributed by atoms with van der Waals surface area (Å²) in [5, 5.41) is 17.5. The number of esters is 2. The molecule has 10 N–H and O–H groups in total. The molecule has 28 heteroatoms. The van der Waals surface area contributed by atoms with Crippen LogP contribution in [0.25, 0.3) is 22.5 Å². The van der Waals surface area contributed by atoms with E-state index in [1.165, 1.54) is 0 Å². The molecule has 6 aromatic rings. The predicted molar refractivity (Wildman–Crippen MR) is 284 cm³/mol.